The second-order valence-electron chi connectivity index (χ2n) is 6.21. The van der Waals surface area contributed by atoms with Gasteiger partial charge in [0.1, 0.15) is 0 Å². The van der Waals surface area contributed by atoms with E-state index in [9.17, 15) is 0 Å². The van der Waals surface area contributed by atoms with E-state index in [4.69, 9.17) is 11.6 Å². The second kappa shape index (κ2) is 5.83. The lowest BCUT2D eigenvalue weighted by atomic mass is 9.81. The van der Waals surface area contributed by atoms with Crippen LogP contribution < -0.4 is 0 Å². The van der Waals surface area contributed by atoms with Crippen LogP contribution in [0, 0.1) is 0 Å². The summed E-state index contributed by atoms with van der Waals surface area (Å²) in [6, 6.07) is 14.6. The molecule has 122 valence electrons. The monoisotopic (exact) mass is 363 g/mol. The van der Waals surface area contributed by atoms with Crippen LogP contribution in [0.5, 0.6) is 0 Å². The summed E-state index contributed by atoms with van der Waals surface area (Å²) < 4.78 is 0. The Morgan fingerprint density at radius 3 is 2.68 bits per heavy atom. The highest BCUT2D eigenvalue weighted by atomic mass is 35.5. The molecule has 0 bridgehead atoms. The van der Waals surface area contributed by atoms with Gasteiger partial charge in [-0.1, -0.05) is 23.7 Å². The van der Waals surface area contributed by atoms with Crippen molar-refractivity contribution < 1.29 is 0 Å². The van der Waals surface area contributed by atoms with Crippen molar-refractivity contribution in [3.05, 3.63) is 82.8 Å². The Labute approximate surface area is 154 Å². The molecule has 3 nitrogen and oxygen atoms in total. The molecule has 0 spiro atoms. The first kappa shape index (κ1) is 14.9. The maximum Gasteiger partial charge on any atom is 0.0785 e. The number of hydrogen-bond donors (Lipinski definition) is 1. The molecular formula is C20H14ClN3S. The molecule has 0 radical (unpaired) electrons. The van der Waals surface area contributed by atoms with Crippen LogP contribution in [0.1, 0.15) is 22.6 Å². The summed E-state index contributed by atoms with van der Waals surface area (Å²) in [7, 11) is 0. The van der Waals surface area contributed by atoms with Crippen molar-refractivity contribution in [2.24, 2.45) is 0 Å². The molecule has 4 aromatic rings. The topological polar surface area (TPSA) is 41.6 Å². The average Bonchev–Trinajstić information content (AvgIpc) is 3.29. The molecule has 0 fully saturated rings. The molecule has 1 atom stereocenters. The summed E-state index contributed by atoms with van der Waals surface area (Å²) in [5.74, 6) is 0.323. The lowest BCUT2D eigenvalue weighted by Gasteiger charge is -2.22. The third-order valence-corrected chi connectivity index (χ3v) is 6.21. The molecule has 5 rings (SSSR count). The van der Waals surface area contributed by atoms with Gasteiger partial charge in [-0.3, -0.25) is 10.1 Å². The number of nitrogens with zero attached hydrogens (tertiary/aromatic N) is 2. The van der Waals surface area contributed by atoms with E-state index < -0.39 is 0 Å². The van der Waals surface area contributed by atoms with E-state index in [1.807, 2.05) is 42.1 Å². The smallest absolute Gasteiger partial charge is 0.0785 e. The number of H-pyrrole nitrogens is 1. The van der Waals surface area contributed by atoms with Crippen LogP contribution in [0.2, 0.25) is 5.02 Å². The van der Waals surface area contributed by atoms with Crippen LogP contribution >= 0.6 is 22.9 Å². The quantitative estimate of drug-likeness (QED) is 0.508. The van der Waals surface area contributed by atoms with Crippen LogP contribution in [0.15, 0.2) is 61.1 Å². The number of fused-ring (bicyclic) bond motifs is 3. The SMILES string of the molecule is Clc1ccc(C2Cc3cn[nH]c3-c3sc(-c4ccncc4)cc32)cc1. The Hall–Kier alpha value is -2.43. The van der Waals surface area contributed by atoms with Crippen LogP contribution in [-0.4, -0.2) is 15.2 Å². The number of pyridine rings is 1. The Morgan fingerprint density at radius 1 is 1.08 bits per heavy atom. The summed E-state index contributed by atoms with van der Waals surface area (Å²) in [6.07, 6.45) is 6.58. The molecule has 1 aliphatic rings. The van der Waals surface area contributed by atoms with E-state index >= 15 is 0 Å². The number of rotatable bonds is 2. The van der Waals surface area contributed by atoms with E-state index in [0.29, 0.717) is 5.92 Å². The first-order valence-corrected chi connectivity index (χ1v) is 9.31. The Morgan fingerprint density at radius 2 is 1.88 bits per heavy atom. The normalized spacial score (nSPS) is 15.6. The van der Waals surface area contributed by atoms with Gasteiger partial charge in [0, 0.05) is 28.2 Å². The molecule has 1 unspecified atom stereocenters. The minimum atomic E-state index is 0.323. The second-order valence-corrected chi connectivity index (χ2v) is 7.70. The van der Waals surface area contributed by atoms with E-state index in [1.165, 1.54) is 32.0 Å². The van der Waals surface area contributed by atoms with Gasteiger partial charge in [-0.25, -0.2) is 0 Å². The van der Waals surface area contributed by atoms with Gasteiger partial charge in [0.2, 0.25) is 0 Å². The largest absolute Gasteiger partial charge is 0.277 e. The fraction of sp³-hybridized carbons (Fsp3) is 0.100. The molecule has 0 saturated carbocycles. The number of aromatic nitrogens is 3. The van der Waals surface area contributed by atoms with E-state index in [-0.39, 0.29) is 0 Å². The van der Waals surface area contributed by atoms with Gasteiger partial charge in [0.15, 0.2) is 0 Å². The number of benzene rings is 1. The maximum absolute atomic E-state index is 6.08. The van der Waals surface area contributed by atoms with E-state index in [2.05, 4.69) is 45.5 Å². The zero-order chi connectivity index (χ0) is 16.8. The third kappa shape index (κ3) is 2.49. The van der Waals surface area contributed by atoms with Crippen LogP contribution in [0.3, 0.4) is 0 Å². The minimum Gasteiger partial charge on any atom is -0.277 e. The fourth-order valence-corrected chi connectivity index (χ4v) is 4.89. The van der Waals surface area contributed by atoms with Crippen LogP contribution in [0.4, 0.5) is 0 Å². The van der Waals surface area contributed by atoms with Crippen LogP contribution in [0.25, 0.3) is 21.0 Å². The Balaban J connectivity index is 1.68. The molecule has 0 saturated heterocycles. The summed E-state index contributed by atoms with van der Waals surface area (Å²) in [6.45, 7) is 0. The third-order valence-electron chi connectivity index (χ3n) is 4.74. The highest BCUT2D eigenvalue weighted by Gasteiger charge is 2.29. The molecule has 1 N–H and O–H groups in total. The molecule has 3 aromatic heterocycles. The molecule has 0 amide bonds. The van der Waals surface area contributed by atoms with Crippen molar-refractivity contribution in [2.75, 3.05) is 0 Å². The average molecular weight is 364 g/mol. The highest BCUT2D eigenvalue weighted by molar-refractivity contribution is 7.19. The fourth-order valence-electron chi connectivity index (χ4n) is 3.50. The first-order chi connectivity index (χ1) is 12.3. The molecule has 5 heteroatoms. The molecular weight excluding hydrogens is 350 g/mol. The summed E-state index contributed by atoms with van der Waals surface area (Å²) in [5.41, 5.74) is 6.28. The van der Waals surface area contributed by atoms with Gasteiger partial charge in [-0.05, 0) is 59.0 Å². The zero-order valence-electron chi connectivity index (χ0n) is 13.2. The number of aromatic amines is 1. The van der Waals surface area contributed by atoms with Gasteiger partial charge < -0.3 is 0 Å². The van der Waals surface area contributed by atoms with Gasteiger partial charge in [-0.2, -0.15) is 5.10 Å². The minimum absolute atomic E-state index is 0.323. The molecule has 25 heavy (non-hydrogen) atoms. The maximum atomic E-state index is 6.08. The van der Waals surface area contributed by atoms with Gasteiger partial charge >= 0.3 is 0 Å². The highest BCUT2D eigenvalue weighted by Crippen LogP contribution is 2.48. The van der Waals surface area contributed by atoms with Gasteiger partial charge in [0.05, 0.1) is 16.8 Å². The number of halogens is 1. The molecule has 0 aliphatic heterocycles. The standard InChI is InChI=1S/C20H14ClN3S/c21-15-3-1-12(2-4-15)16-9-14-11-23-24-19(14)20-17(16)10-18(25-20)13-5-7-22-8-6-13/h1-8,10-11,16H,9H2,(H,23,24). The lowest BCUT2D eigenvalue weighted by molar-refractivity contribution is 0.799. The Bertz CT molecular complexity index is 1030. The number of hydrogen-bond acceptors (Lipinski definition) is 3. The van der Waals surface area contributed by atoms with E-state index in [0.717, 1.165) is 17.1 Å². The van der Waals surface area contributed by atoms with Gasteiger partial charge in [-0.15, -0.1) is 11.3 Å². The van der Waals surface area contributed by atoms with Crippen molar-refractivity contribution in [3.63, 3.8) is 0 Å². The van der Waals surface area contributed by atoms with Crippen molar-refractivity contribution in [1.29, 1.82) is 0 Å². The lowest BCUT2D eigenvalue weighted by Crippen LogP contribution is -2.09. The molecule has 3 heterocycles. The van der Waals surface area contributed by atoms with Crippen molar-refractivity contribution in [2.45, 2.75) is 12.3 Å². The first-order valence-electron chi connectivity index (χ1n) is 8.12. The predicted octanol–water partition coefficient (Wildman–Crippen LogP) is 5.54. The van der Waals surface area contributed by atoms with Gasteiger partial charge in [0.25, 0.3) is 0 Å². The van der Waals surface area contributed by atoms with Crippen molar-refractivity contribution in [3.8, 4) is 21.0 Å². The van der Waals surface area contributed by atoms with Crippen LogP contribution in [-0.2, 0) is 6.42 Å². The van der Waals surface area contributed by atoms with Crippen molar-refractivity contribution >= 4 is 22.9 Å². The predicted molar refractivity (Wildman–Crippen MR) is 102 cm³/mol. The summed E-state index contributed by atoms with van der Waals surface area (Å²) in [5, 5.41) is 8.23. The number of nitrogens with one attached hydrogen (secondary N) is 1. The zero-order valence-corrected chi connectivity index (χ0v) is 14.8. The van der Waals surface area contributed by atoms with Crippen molar-refractivity contribution in [1.82, 2.24) is 15.2 Å². The summed E-state index contributed by atoms with van der Waals surface area (Å²) in [4.78, 5) is 6.67. The Kier molecular flexibility index (Phi) is 3.47. The summed E-state index contributed by atoms with van der Waals surface area (Å²) >= 11 is 7.89. The number of thiophene rings is 1. The molecule has 1 aliphatic carbocycles. The van der Waals surface area contributed by atoms with E-state index in [1.54, 1.807) is 0 Å². The molecule has 1 aromatic carbocycles.